The highest BCUT2D eigenvalue weighted by molar-refractivity contribution is 9.10. The second-order valence-corrected chi connectivity index (χ2v) is 7.62. The van der Waals surface area contributed by atoms with Crippen molar-refractivity contribution < 1.29 is 9.53 Å². The lowest BCUT2D eigenvalue weighted by atomic mass is 10.2. The van der Waals surface area contributed by atoms with Gasteiger partial charge in [-0.1, -0.05) is 6.92 Å². The molecular formula is C18H17BrN4O3S. The minimum absolute atomic E-state index is 0.150. The summed E-state index contributed by atoms with van der Waals surface area (Å²) in [5.74, 6) is 0.297. The molecular weight excluding hydrogens is 432 g/mol. The summed E-state index contributed by atoms with van der Waals surface area (Å²) in [5, 5.41) is 4.46. The standard InChI is InChI=1S/C18H17BrN4O3S/c1-3-12-7-13-17(27-12)20-10-23(18(13)25)9-16(24)22-21-8-11-4-5-15(26-2)14(19)6-11/h4-8,10H,3,9H2,1-2H3,(H,22,24)/b21-8-. The molecule has 1 amide bonds. The summed E-state index contributed by atoms with van der Waals surface area (Å²) in [6, 6.07) is 7.25. The molecule has 0 spiro atoms. The zero-order valence-electron chi connectivity index (χ0n) is 14.7. The van der Waals surface area contributed by atoms with E-state index in [2.05, 4.69) is 31.4 Å². The minimum atomic E-state index is -0.409. The predicted octanol–water partition coefficient (Wildman–Crippen LogP) is 2.94. The summed E-state index contributed by atoms with van der Waals surface area (Å²) in [4.78, 5) is 30.6. The molecule has 0 aliphatic carbocycles. The van der Waals surface area contributed by atoms with Crippen LogP contribution in [0.2, 0.25) is 0 Å². The molecule has 0 atom stereocenters. The number of aryl methyl sites for hydroxylation is 1. The fourth-order valence-corrected chi connectivity index (χ4v) is 3.91. The van der Waals surface area contributed by atoms with E-state index in [1.54, 1.807) is 13.2 Å². The number of methoxy groups -OCH3 is 1. The molecule has 0 aliphatic heterocycles. The molecule has 0 bridgehead atoms. The molecule has 2 aromatic heterocycles. The largest absolute Gasteiger partial charge is 0.496 e. The third-order valence-corrected chi connectivity index (χ3v) is 5.62. The number of ether oxygens (including phenoxy) is 1. The number of fused-ring (bicyclic) bond motifs is 1. The first-order chi connectivity index (χ1) is 13.0. The Hall–Kier alpha value is -2.52. The third-order valence-electron chi connectivity index (χ3n) is 3.81. The Morgan fingerprint density at radius 2 is 2.26 bits per heavy atom. The molecule has 0 saturated carbocycles. The van der Waals surface area contributed by atoms with Crippen LogP contribution < -0.4 is 15.7 Å². The van der Waals surface area contributed by atoms with Crippen LogP contribution in [0.15, 0.2) is 45.0 Å². The topological polar surface area (TPSA) is 85.6 Å². The molecule has 0 unspecified atom stereocenters. The van der Waals surface area contributed by atoms with Crippen molar-refractivity contribution in [2.45, 2.75) is 19.9 Å². The Labute approximate surface area is 167 Å². The first-order valence-electron chi connectivity index (χ1n) is 8.15. The van der Waals surface area contributed by atoms with Gasteiger partial charge in [-0.05, 0) is 52.2 Å². The van der Waals surface area contributed by atoms with E-state index in [4.69, 9.17) is 4.74 Å². The van der Waals surface area contributed by atoms with E-state index in [1.165, 1.54) is 28.4 Å². The summed E-state index contributed by atoms with van der Waals surface area (Å²) in [6.07, 6.45) is 3.75. The Morgan fingerprint density at radius 3 is 2.96 bits per heavy atom. The van der Waals surface area contributed by atoms with Crippen LogP contribution in [0.1, 0.15) is 17.4 Å². The van der Waals surface area contributed by atoms with E-state index in [0.717, 1.165) is 21.3 Å². The molecule has 9 heteroatoms. The number of halogens is 1. The number of amides is 1. The lowest BCUT2D eigenvalue weighted by Gasteiger charge is -2.04. The number of rotatable bonds is 6. The zero-order valence-corrected chi connectivity index (χ0v) is 17.1. The monoisotopic (exact) mass is 448 g/mol. The van der Waals surface area contributed by atoms with Gasteiger partial charge in [0.25, 0.3) is 11.5 Å². The van der Waals surface area contributed by atoms with Crippen molar-refractivity contribution in [2.24, 2.45) is 5.10 Å². The van der Waals surface area contributed by atoms with Gasteiger partial charge in [0.1, 0.15) is 17.1 Å². The Morgan fingerprint density at radius 1 is 1.44 bits per heavy atom. The molecule has 140 valence electrons. The number of aromatic nitrogens is 2. The maximum Gasteiger partial charge on any atom is 0.262 e. The van der Waals surface area contributed by atoms with Crippen LogP contribution in [0.5, 0.6) is 5.75 Å². The molecule has 3 rings (SSSR count). The van der Waals surface area contributed by atoms with Crippen molar-refractivity contribution >= 4 is 49.6 Å². The molecule has 0 fully saturated rings. The molecule has 0 radical (unpaired) electrons. The molecule has 3 aromatic rings. The highest BCUT2D eigenvalue weighted by Gasteiger charge is 2.10. The highest BCUT2D eigenvalue weighted by atomic mass is 79.9. The van der Waals surface area contributed by atoms with Gasteiger partial charge in [0, 0.05) is 4.88 Å². The van der Waals surface area contributed by atoms with Crippen LogP contribution in [-0.2, 0) is 17.8 Å². The summed E-state index contributed by atoms with van der Waals surface area (Å²) in [7, 11) is 1.58. The van der Waals surface area contributed by atoms with Crippen LogP contribution in [0.25, 0.3) is 10.2 Å². The number of hydrogen-bond donors (Lipinski definition) is 1. The number of carbonyl (C=O) groups is 1. The third kappa shape index (κ3) is 4.42. The molecule has 0 saturated heterocycles. The summed E-state index contributed by atoms with van der Waals surface area (Å²) in [6.45, 7) is 1.87. The second-order valence-electron chi connectivity index (χ2n) is 5.65. The summed E-state index contributed by atoms with van der Waals surface area (Å²) in [5.41, 5.74) is 2.98. The second kappa shape index (κ2) is 8.45. The maximum atomic E-state index is 12.5. The molecule has 1 aromatic carbocycles. The first-order valence-corrected chi connectivity index (χ1v) is 9.76. The fraction of sp³-hybridized carbons (Fsp3) is 0.222. The average Bonchev–Trinajstić information content (AvgIpc) is 3.08. The van der Waals surface area contributed by atoms with Crippen molar-refractivity contribution in [1.82, 2.24) is 15.0 Å². The van der Waals surface area contributed by atoms with Gasteiger partial charge < -0.3 is 4.74 Å². The van der Waals surface area contributed by atoms with E-state index >= 15 is 0 Å². The van der Waals surface area contributed by atoms with Crippen molar-refractivity contribution in [1.29, 1.82) is 0 Å². The predicted molar refractivity (Wildman–Crippen MR) is 110 cm³/mol. The van der Waals surface area contributed by atoms with Gasteiger partial charge >= 0.3 is 0 Å². The SMILES string of the molecule is CCc1cc2c(=O)n(CC(=O)N/N=C\c3ccc(OC)c(Br)c3)cnc2s1. The highest BCUT2D eigenvalue weighted by Crippen LogP contribution is 2.24. The van der Waals surface area contributed by atoms with Crippen molar-refractivity contribution in [3.05, 3.63) is 55.9 Å². The van der Waals surface area contributed by atoms with E-state index in [9.17, 15) is 9.59 Å². The maximum absolute atomic E-state index is 12.5. The molecule has 0 aliphatic rings. The molecule has 7 nitrogen and oxygen atoms in total. The minimum Gasteiger partial charge on any atom is -0.496 e. The number of carbonyl (C=O) groups excluding carboxylic acids is 1. The molecule has 1 N–H and O–H groups in total. The van der Waals surface area contributed by atoms with Crippen LogP contribution in [0.4, 0.5) is 0 Å². The van der Waals surface area contributed by atoms with Gasteiger partial charge in [-0.25, -0.2) is 10.4 Å². The molecule has 27 heavy (non-hydrogen) atoms. The van der Waals surface area contributed by atoms with Gasteiger partial charge in [0.05, 0.1) is 29.5 Å². The van der Waals surface area contributed by atoms with E-state index < -0.39 is 5.91 Å². The number of nitrogens with zero attached hydrogens (tertiary/aromatic N) is 3. The van der Waals surface area contributed by atoms with Crippen LogP contribution in [-0.4, -0.2) is 28.8 Å². The number of nitrogens with one attached hydrogen (secondary N) is 1. The number of thiophene rings is 1. The van der Waals surface area contributed by atoms with Crippen molar-refractivity contribution in [3.8, 4) is 5.75 Å². The van der Waals surface area contributed by atoms with Gasteiger partial charge in [-0.3, -0.25) is 14.2 Å². The van der Waals surface area contributed by atoms with Crippen LogP contribution in [0, 0.1) is 0 Å². The van der Waals surface area contributed by atoms with Crippen molar-refractivity contribution in [3.63, 3.8) is 0 Å². The van der Waals surface area contributed by atoms with Crippen LogP contribution in [0.3, 0.4) is 0 Å². The first kappa shape index (κ1) is 19.2. The summed E-state index contributed by atoms with van der Waals surface area (Å²) < 4.78 is 7.23. The molecule has 2 heterocycles. The average molecular weight is 449 g/mol. The van der Waals surface area contributed by atoms with Gasteiger partial charge in [-0.2, -0.15) is 5.10 Å². The number of benzene rings is 1. The van der Waals surface area contributed by atoms with E-state index in [-0.39, 0.29) is 12.1 Å². The smallest absolute Gasteiger partial charge is 0.262 e. The lowest BCUT2D eigenvalue weighted by Crippen LogP contribution is -2.29. The Bertz CT molecular complexity index is 1070. The fourth-order valence-electron chi connectivity index (χ4n) is 2.43. The van der Waals surface area contributed by atoms with Gasteiger partial charge in [-0.15, -0.1) is 11.3 Å². The van der Waals surface area contributed by atoms with Crippen LogP contribution >= 0.6 is 27.3 Å². The number of hydrogen-bond acceptors (Lipinski definition) is 6. The Kier molecular flexibility index (Phi) is 6.02. The van der Waals surface area contributed by atoms with Gasteiger partial charge in [0.15, 0.2) is 0 Å². The lowest BCUT2D eigenvalue weighted by molar-refractivity contribution is -0.121. The zero-order chi connectivity index (χ0) is 19.4. The Balaban J connectivity index is 1.67. The van der Waals surface area contributed by atoms with E-state index in [0.29, 0.717) is 16.0 Å². The summed E-state index contributed by atoms with van der Waals surface area (Å²) >= 11 is 4.88. The normalized spacial score (nSPS) is 11.2. The van der Waals surface area contributed by atoms with Crippen molar-refractivity contribution in [2.75, 3.05) is 7.11 Å². The quantitative estimate of drug-likeness (QED) is 0.463. The van der Waals surface area contributed by atoms with E-state index in [1.807, 2.05) is 25.1 Å². The number of hydrazone groups is 1. The van der Waals surface area contributed by atoms with Gasteiger partial charge in [0.2, 0.25) is 0 Å².